The summed E-state index contributed by atoms with van der Waals surface area (Å²) in [5, 5.41) is 13.9. The molecule has 0 aliphatic heterocycles. The fourth-order valence-electron chi connectivity index (χ4n) is 6.33. The molecule has 7 nitrogen and oxygen atoms in total. The molecule has 0 radical (unpaired) electrons. The highest BCUT2D eigenvalue weighted by Gasteiger charge is 2.42. The monoisotopic (exact) mass is 727 g/mol. The molecule has 0 amide bonds. The number of nitro groups is 1. The molecule has 50 heavy (non-hydrogen) atoms. The van der Waals surface area contributed by atoms with Gasteiger partial charge < -0.3 is 18.4 Å². The van der Waals surface area contributed by atoms with Crippen LogP contribution in [0.15, 0.2) is 146 Å². The zero-order valence-electron chi connectivity index (χ0n) is 28.2. The lowest BCUT2D eigenvalue weighted by molar-refractivity contribution is -0.385. The average molecular weight is 728 g/mol. The summed E-state index contributed by atoms with van der Waals surface area (Å²) in [6.45, 7) is 0.391. The number of rotatable bonds is 19. The maximum atomic E-state index is 15.5. The molecule has 0 N–H and O–H groups in total. The molecule has 0 saturated heterocycles. The van der Waals surface area contributed by atoms with E-state index in [1.807, 2.05) is 121 Å². The van der Waals surface area contributed by atoms with E-state index in [9.17, 15) is 10.1 Å². The first-order chi connectivity index (χ1) is 24.2. The third-order valence-electron chi connectivity index (χ3n) is 8.89. The summed E-state index contributed by atoms with van der Waals surface area (Å²) in [5.41, 5.74) is -0.0370. The van der Waals surface area contributed by atoms with Crippen molar-refractivity contribution in [3.63, 3.8) is 0 Å². The summed E-state index contributed by atoms with van der Waals surface area (Å²) >= 11 is 0. The van der Waals surface area contributed by atoms with Gasteiger partial charge in [0, 0.05) is 33.4 Å². The molecule has 5 aromatic carbocycles. The van der Waals surface area contributed by atoms with Crippen LogP contribution >= 0.6 is 21.4 Å². The second kappa shape index (κ2) is 17.8. The molecular weight excluding hydrogens is 683 g/mol. The Morgan fingerprint density at radius 3 is 1.26 bits per heavy atom. The molecule has 0 atom stereocenters. The molecule has 0 aliphatic carbocycles. The van der Waals surface area contributed by atoms with Crippen molar-refractivity contribution in [2.75, 3.05) is 24.6 Å². The summed E-state index contributed by atoms with van der Waals surface area (Å²) in [7, 11) is -10.1. The lowest BCUT2D eigenvalue weighted by Gasteiger charge is -2.29. The van der Waals surface area contributed by atoms with E-state index in [1.165, 1.54) is 6.07 Å². The Labute approximate surface area is 295 Å². The summed E-state index contributed by atoms with van der Waals surface area (Å²) in [5.74, 6) is 0.223. The van der Waals surface area contributed by atoms with Gasteiger partial charge in [-0.2, -0.15) is 0 Å². The van der Waals surface area contributed by atoms with Crippen LogP contribution in [0.1, 0.15) is 38.5 Å². The molecule has 0 spiro atoms. The Morgan fingerprint density at radius 2 is 0.840 bits per heavy atom. The predicted molar refractivity (Wildman–Crippen MR) is 208 cm³/mol. The molecule has 0 aliphatic rings. The fraction of sp³-hybridized carbons (Fsp3) is 0.250. The minimum atomic E-state index is -3.36. The summed E-state index contributed by atoms with van der Waals surface area (Å²) in [6, 6.07) is 43.6. The highest BCUT2D eigenvalue weighted by molar-refractivity contribution is 7.95. The summed E-state index contributed by atoms with van der Waals surface area (Å²) in [6.07, 6.45) is 5.35. The number of nitrogens with zero attached hydrogens (tertiary/aromatic N) is 1. The van der Waals surface area contributed by atoms with Gasteiger partial charge in [-0.1, -0.05) is 159 Å². The normalized spacial score (nSPS) is 12.0. The maximum absolute atomic E-state index is 15.5. The van der Waals surface area contributed by atoms with Crippen molar-refractivity contribution in [1.29, 1.82) is 0 Å². The van der Waals surface area contributed by atoms with Gasteiger partial charge in [0.25, 0.3) is 0 Å². The van der Waals surface area contributed by atoms with Crippen LogP contribution in [0.25, 0.3) is 0 Å². The SMILES string of the molecule is O=[N+]([O-])c1ccccc1OCCCCCCCCP(=O)(CP(=O)(c1ccccc1)c1ccccc1)CP(=O)(c1ccccc1)c1ccccc1. The largest absolute Gasteiger partial charge is 0.487 e. The van der Waals surface area contributed by atoms with E-state index in [2.05, 4.69) is 0 Å². The molecule has 0 saturated carbocycles. The highest BCUT2D eigenvalue weighted by Crippen LogP contribution is 2.67. The van der Waals surface area contributed by atoms with Crippen LogP contribution in [-0.4, -0.2) is 29.5 Å². The molecule has 5 aromatic rings. The summed E-state index contributed by atoms with van der Waals surface area (Å²) in [4.78, 5) is 10.8. The topological polar surface area (TPSA) is 104 Å². The molecule has 10 heteroatoms. The Hall–Kier alpha value is -4.01. The fourth-order valence-corrected chi connectivity index (χ4v) is 21.1. The molecule has 0 unspecified atom stereocenters. The Balaban J connectivity index is 1.32. The molecule has 0 bridgehead atoms. The van der Waals surface area contributed by atoms with E-state index in [-0.39, 0.29) is 23.2 Å². The number of unbranched alkanes of at least 4 members (excludes halogenated alkanes) is 5. The third-order valence-corrected chi connectivity index (χ3v) is 21.9. The van der Waals surface area contributed by atoms with Crippen LogP contribution < -0.4 is 26.0 Å². The zero-order chi connectivity index (χ0) is 35.3. The van der Waals surface area contributed by atoms with Crippen LogP contribution in [0.2, 0.25) is 0 Å². The number of para-hydroxylation sites is 2. The lowest BCUT2D eigenvalue weighted by Crippen LogP contribution is -2.23. The lowest BCUT2D eigenvalue weighted by atomic mass is 10.1. The zero-order valence-corrected chi connectivity index (χ0v) is 30.8. The quantitative estimate of drug-likeness (QED) is 0.0363. The van der Waals surface area contributed by atoms with Crippen molar-refractivity contribution in [3.8, 4) is 5.75 Å². The maximum Gasteiger partial charge on any atom is 0.310 e. The highest BCUT2D eigenvalue weighted by atomic mass is 31.2. The van der Waals surface area contributed by atoms with Crippen molar-refractivity contribution < 1.29 is 23.4 Å². The van der Waals surface area contributed by atoms with Crippen molar-refractivity contribution in [3.05, 3.63) is 156 Å². The van der Waals surface area contributed by atoms with Gasteiger partial charge in [0.1, 0.15) is 21.4 Å². The van der Waals surface area contributed by atoms with E-state index in [0.717, 1.165) is 32.1 Å². The Morgan fingerprint density at radius 1 is 0.480 bits per heavy atom. The van der Waals surface area contributed by atoms with Gasteiger partial charge in [-0.3, -0.25) is 10.1 Å². The van der Waals surface area contributed by atoms with Crippen LogP contribution in [0.4, 0.5) is 5.69 Å². The van der Waals surface area contributed by atoms with Gasteiger partial charge in [-0.05, 0) is 18.9 Å². The van der Waals surface area contributed by atoms with E-state index >= 15 is 13.7 Å². The second-order valence-electron chi connectivity index (χ2n) is 12.6. The molecule has 0 aromatic heterocycles. The minimum Gasteiger partial charge on any atom is -0.487 e. The van der Waals surface area contributed by atoms with Gasteiger partial charge in [0.05, 0.1) is 23.3 Å². The van der Waals surface area contributed by atoms with E-state index in [0.29, 0.717) is 40.4 Å². The van der Waals surface area contributed by atoms with Crippen molar-refractivity contribution >= 4 is 48.3 Å². The first kappa shape index (κ1) is 37.3. The number of hydrogen-bond donors (Lipinski definition) is 0. The van der Waals surface area contributed by atoms with Crippen molar-refractivity contribution in [2.45, 2.75) is 38.5 Å². The standard InChI is InChI=1S/C40H44NO6P3/c42-41(43)39-29-17-18-30-40(39)47-31-19-3-1-2-4-20-32-48(44,33-49(45,35-21-9-5-10-22-35)36-23-11-6-12-24-36)34-50(46,37-25-13-7-14-26-37)38-27-15-8-16-28-38/h5-18,21-30H,1-4,19-20,31-34H2. The summed E-state index contributed by atoms with van der Waals surface area (Å²) < 4.78 is 51.7. The Kier molecular flexibility index (Phi) is 13.2. The third kappa shape index (κ3) is 9.61. The van der Waals surface area contributed by atoms with E-state index in [1.54, 1.807) is 18.2 Å². The van der Waals surface area contributed by atoms with Gasteiger partial charge in [-0.25, -0.2) is 0 Å². The molecule has 0 heterocycles. The second-order valence-corrected chi connectivity index (χ2v) is 22.4. The van der Waals surface area contributed by atoms with E-state index in [4.69, 9.17) is 4.74 Å². The van der Waals surface area contributed by atoms with Gasteiger partial charge in [0.2, 0.25) is 0 Å². The first-order valence-corrected chi connectivity index (χ1v) is 23.1. The molecular formula is C40H44NO6P3. The van der Waals surface area contributed by atoms with Crippen molar-refractivity contribution in [1.82, 2.24) is 0 Å². The molecule has 0 fully saturated rings. The molecule has 260 valence electrons. The van der Waals surface area contributed by atoms with Crippen LogP contribution in [0, 0.1) is 10.1 Å². The smallest absolute Gasteiger partial charge is 0.310 e. The minimum absolute atomic E-state index is 0.0271. The van der Waals surface area contributed by atoms with Gasteiger partial charge >= 0.3 is 5.69 Å². The Bertz CT molecular complexity index is 1770. The number of ether oxygens (including phenoxy) is 1. The predicted octanol–water partition coefficient (Wildman–Crippen LogP) is 9.62. The van der Waals surface area contributed by atoms with Crippen LogP contribution in [0.5, 0.6) is 5.75 Å². The van der Waals surface area contributed by atoms with Gasteiger partial charge in [-0.15, -0.1) is 0 Å². The number of nitro benzene ring substituents is 1. The average Bonchev–Trinajstić information content (AvgIpc) is 3.15. The van der Waals surface area contributed by atoms with Gasteiger partial charge in [0.15, 0.2) is 5.75 Å². The van der Waals surface area contributed by atoms with Crippen LogP contribution in [0.3, 0.4) is 0 Å². The van der Waals surface area contributed by atoms with E-state index < -0.39 is 26.3 Å². The van der Waals surface area contributed by atoms with Crippen molar-refractivity contribution in [2.24, 2.45) is 0 Å². The molecule has 5 rings (SSSR count). The number of benzene rings is 5. The van der Waals surface area contributed by atoms with Crippen LogP contribution in [-0.2, 0) is 13.7 Å². The number of hydrogen-bond acceptors (Lipinski definition) is 6. The first-order valence-electron chi connectivity index (χ1n) is 17.1.